The van der Waals surface area contributed by atoms with Crippen LogP contribution in [-0.4, -0.2) is 6.18 Å². The Bertz CT molecular complexity index is 2350. The van der Waals surface area contributed by atoms with Crippen LogP contribution in [0.15, 0.2) is 95.5 Å². The lowest BCUT2D eigenvalue weighted by atomic mass is 9.84. The molecule has 0 fully saturated rings. The number of aromatic nitrogens is 1. The maximum Gasteiger partial charge on any atom is 0.394 e. The van der Waals surface area contributed by atoms with Crippen molar-refractivity contribution in [2.75, 3.05) is 0 Å². The minimum absolute atomic E-state index is 0.0289. The number of rotatable bonds is 5. The minimum Gasteiger partial charge on any atom is -0.455 e. The molecule has 0 aliphatic heterocycles. The molecule has 0 amide bonds. The van der Waals surface area contributed by atoms with E-state index < -0.39 is 31.7 Å². The van der Waals surface area contributed by atoms with Crippen molar-refractivity contribution < 1.29 is 34.5 Å². The summed E-state index contributed by atoms with van der Waals surface area (Å²) in [5.74, 6) is 0. The Hall–Kier alpha value is -4.38. The zero-order valence-corrected chi connectivity index (χ0v) is 24.1. The Kier molecular flexibility index (Phi) is 4.78. The largest absolute Gasteiger partial charge is 0.455 e. The lowest BCUT2D eigenvalue weighted by Crippen LogP contribution is -2.34. The third-order valence-electron chi connectivity index (χ3n) is 7.88. The number of para-hydroxylation sites is 1. The van der Waals surface area contributed by atoms with E-state index in [0.29, 0.717) is 28.0 Å². The number of furan rings is 1. The number of aryl methyl sites for hydroxylation is 4. The SMILES string of the molecule is [2H]c1cc(-c2ccc(C([2H])([2H])C(C)(C)C(F)(F)F)cc2)cc(C([2H])([2H])[2H])c1-c1cc(-c2c(C)ccc3c2oc2ccccc23)[n+](C)cc1C([2H])([2H])[2H]. The summed E-state index contributed by atoms with van der Waals surface area (Å²) < 4.78 is 126. The highest BCUT2D eigenvalue weighted by atomic mass is 19.4. The van der Waals surface area contributed by atoms with E-state index in [2.05, 4.69) is 0 Å². The minimum atomic E-state index is -4.83. The number of alkyl halides is 3. The topological polar surface area (TPSA) is 17.0 Å². The van der Waals surface area contributed by atoms with E-state index in [4.69, 9.17) is 16.8 Å². The molecule has 0 bridgehead atoms. The van der Waals surface area contributed by atoms with Crippen molar-refractivity contribution in [2.45, 2.75) is 47.0 Å². The standard InChI is InChI=1S/C38H35F3NO/c1-23-11-17-31-30-9-7-8-10-34(30)43-36(31)35(23)33-20-32(25(3)22-42(33)6)29-18-16-28(19-24(29)2)27-14-12-26(13-15-27)21-37(4,5)38(39,40)41/h7-20,22H,21H2,1-6H3/q+1/i2D3,3D3,18D,21D2. The molecule has 6 aromatic rings. The Morgan fingerprint density at radius 1 is 0.837 bits per heavy atom. The van der Waals surface area contributed by atoms with E-state index in [9.17, 15) is 13.2 Å². The van der Waals surface area contributed by atoms with Gasteiger partial charge in [-0.05, 0) is 72.0 Å². The lowest BCUT2D eigenvalue weighted by molar-refractivity contribution is -0.660. The zero-order valence-electron chi connectivity index (χ0n) is 33.1. The second kappa shape index (κ2) is 10.4. The second-order valence-electron chi connectivity index (χ2n) is 11.3. The molecule has 5 heteroatoms. The van der Waals surface area contributed by atoms with Gasteiger partial charge in [-0.1, -0.05) is 86.6 Å². The van der Waals surface area contributed by atoms with Gasteiger partial charge in [-0.3, -0.25) is 0 Å². The number of nitrogens with zero attached hydrogens (tertiary/aromatic N) is 1. The first kappa shape index (κ1) is 19.7. The van der Waals surface area contributed by atoms with Gasteiger partial charge in [-0.2, -0.15) is 13.2 Å². The van der Waals surface area contributed by atoms with Crippen LogP contribution in [0.3, 0.4) is 0 Å². The van der Waals surface area contributed by atoms with Crippen LogP contribution in [0.4, 0.5) is 13.2 Å². The van der Waals surface area contributed by atoms with Crippen molar-refractivity contribution in [3.05, 3.63) is 113 Å². The molecule has 0 N–H and O–H groups in total. The van der Waals surface area contributed by atoms with Gasteiger partial charge in [0.05, 0.1) is 12.3 Å². The molecule has 2 heterocycles. The third-order valence-corrected chi connectivity index (χ3v) is 7.88. The van der Waals surface area contributed by atoms with Gasteiger partial charge in [-0.25, -0.2) is 4.57 Å². The highest BCUT2D eigenvalue weighted by Crippen LogP contribution is 2.41. The molecule has 0 aliphatic carbocycles. The van der Waals surface area contributed by atoms with Gasteiger partial charge in [-0.15, -0.1) is 0 Å². The van der Waals surface area contributed by atoms with Crippen molar-refractivity contribution >= 4 is 21.9 Å². The average molecular weight is 588 g/mol. The molecule has 218 valence electrons. The zero-order chi connectivity index (χ0) is 38.3. The second-order valence-corrected chi connectivity index (χ2v) is 11.3. The molecule has 0 aliphatic rings. The first-order valence-electron chi connectivity index (χ1n) is 18.2. The number of pyridine rings is 1. The van der Waals surface area contributed by atoms with Crippen molar-refractivity contribution in [3.8, 4) is 33.5 Å². The van der Waals surface area contributed by atoms with Gasteiger partial charge in [0.2, 0.25) is 5.69 Å². The molecular formula is C38H35F3NO+. The van der Waals surface area contributed by atoms with Gasteiger partial charge in [0, 0.05) is 33.4 Å². The number of hydrogen-bond donors (Lipinski definition) is 0. The molecule has 0 spiro atoms. The molecule has 43 heavy (non-hydrogen) atoms. The van der Waals surface area contributed by atoms with Gasteiger partial charge >= 0.3 is 6.18 Å². The summed E-state index contributed by atoms with van der Waals surface area (Å²) in [5.41, 5.74) is 0.326. The fourth-order valence-electron chi connectivity index (χ4n) is 5.37. The molecule has 0 saturated carbocycles. The number of benzene rings is 4. The number of halogens is 3. The number of hydrogen-bond acceptors (Lipinski definition) is 1. The maximum atomic E-state index is 13.8. The summed E-state index contributed by atoms with van der Waals surface area (Å²) >= 11 is 0. The Morgan fingerprint density at radius 2 is 1.58 bits per heavy atom. The van der Waals surface area contributed by atoms with Crippen LogP contribution in [0.25, 0.3) is 55.4 Å². The summed E-state index contributed by atoms with van der Waals surface area (Å²) in [6.45, 7) is -2.07. The van der Waals surface area contributed by atoms with Gasteiger partial charge < -0.3 is 4.42 Å². The molecule has 4 aromatic carbocycles. The summed E-state index contributed by atoms with van der Waals surface area (Å²) in [5, 5.41) is 1.73. The Morgan fingerprint density at radius 3 is 2.30 bits per heavy atom. The third kappa shape index (κ3) is 5.11. The Balaban J connectivity index is 1.57. The van der Waals surface area contributed by atoms with E-state index in [1.54, 1.807) is 17.7 Å². The molecule has 2 aromatic heterocycles. The first-order valence-corrected chi connectivity index (χ1v) is 13.7. The fraction of sp³-hybridized carbons (Fsp3) is 0.237. The van der Waals surface area contributed by atoms with E-state index in [0.717, 1.165) is 30.2 Å². The Labute approximate surface area is 263 Å². The summed E-state index contributed by atoms with van der Waals surface area (Å²) in [4.78, 5) is 0. The molecule has 0 unspecified atom stereocenters. The molecule has 0 radical (unpaired) electrons. The van der Waals surface area contributed by atoms with E-state index in [1.165, 1.54) is 42.6 Å². The normalized spacial score (nSPS) is 16.4. The maximum absolute atomic E-state index is 13.8. The highest BCUT2D eigenvalue weighted by molar-refractivity contribution is 6.09. The van der Waals surface area contributed by atoms with Gasteiger partial charge in [0.1, 0.15) is 18.2 Å². The molecule has 6 rings (SSSR count). The summed E-state index contributed by atoms with van der Waals surface area (Å²) in [6, 6.07) is 20.6. The van der Waals surface area contributed by atoms with Crippen LogP contribution >= 0.6 is 0 Å². The van der Waals surface area contributed by atoms with Crippen molar-refractivity contribution in [2.24, 2.45) is 12.5 Å². The molecule has 0 atom stereocenters. The van der Waals surface area contributed by atoms with Crippen molar-refractivity contribution in [3.63, 3.8) is 0 Å². The predicted molar refractivity (Wildman–Crippen MR) is 169 cm³/mol. The van der Waals surface area contributed by atoms with Crippen LogP contribution in [-0.2, 0) is 13.4 Å². The molecule has 0 saturated heterocycles. The van der Waals surface area contributed by atoms with Gasteiger partial charge in [0.15, 0.2) is 6.20 Å². The van der Waals surface area contributed by atoms with Crippen LogP contribution in [0.5, 0.6) is 0 Å². The first-order chi connectivity index (χ1) is 23.9. The monoisotopic (exact) mass is 587 g/mol. The van der Waals surface area contributed by atoms with Crippen LogP contribution in [0.1, 0.15) is 48.4 Å². The summed E-state index contributed by atoms with van der Waals surface area (Å²) in [6.07, 6.45) is -6.21. The van der Waals surface area contributed by atoms with Crippen LogP contribution in [0, 0.1) is 26.0 Å². The van der Waals surface area contributed by atoms with E-state index >= 15 is 0 Å². The van der Waals surface area contributed by atoms with E-state index in [-0.39, 0.29) is 39.4 Å². The van der Waals surface area contributed by atoms with E-state index in [1.807, 2.05) is 43.3 Å². The summed E-state index contributed by atoms with van der Waals surface area (Å²) in [7, 11) is 1.69. The average Bonchev–Trinajstić information content (AvgIpc) is 3.42. The predicted octanol–water partition coefficient (Wildman–Crippen LogP) is 10.5. The lowest BCUT2D eigenvalue weighted by Gasteiger charge is -2.27. The highest BCUT2D eigenvalue weighted by Gasteiger charge is 2.46. The molecule has 2 nitrogen and oxygen atoms in total. The van der Waals surface area contributed by atoms with Crippen molar-refractivity contribution in [1.29, 1.82) is 0 Å². The quantitative estimate of drug-likeness (QED) is 0.183. The van der Waals surface area contributed by atoms with Crippen LogP contribution in [0.2, 0.25) is 0 Å². The molecular weight excluding hydrogens is 543 g/mol. The van der Waals surface area contributed by atoms with Crippen LogP contribution < -0.4 is 4.57 Å². The van der Waals surface area contributed by atoms with Gasteiger partial charge in [0.25, 0.3) is 0 Å². The van der Waals surface area contributed by atoms with Crippen molar-refractivity contribution in [1.82, 2.24) is 0 Å². The smallest absolute Gasteiger partial charge is 0.394 e. The fourth-order valence-corrected chi connectivity index (χ4v) is 5.37. The number of fused-ring (bicyclic) bond motifs is 3.